The highest BCUT2D eigenvalue weighted by Gasteiger charge is 2.08. The van der Waals surface area contributed by atoms with Crippen LogP contribution in [0, 0.1) is 5.82 Å². The number of carbonyl (C=O) groups is 1. The Morgan fingerprint density at radius 2 is 2.17 bits per heavy atom. The molecule has 8 heteroatoms. The monoisotopic (exact) mass is 330 g/mol. The van der Waals surface area contributed by atoms with Gasteiger partial charge in [0.15, 0.2) is 11.6 Å². The first-order valence-electron chi connectivity index (χ1n) is 7.26. The molecule has 1 amide bonds. The number of ether oxygens (including phenoxy) is 1. The van der Waals surface area contributed by atoms with Crippen LogP contribution < -0.4 is 10.1 Å². The number of benzene rings is 1. The summed E-state index contributed by atoms with van der Waals surface area (Å²) in [7, 11) is 0. The second kappa shape index (κ2) is 7.40. The summed E-state index contributed by atoms with van der Waals surface area (Å²) >= 11 is 0. The van der Waals surface area contributed by atoms with E-state index in [1.165, 1.54) is 16.8 Å². The van der Waals surface area contributed by atoms with Crippen molar-refractivity contribution in [3.05, 3.63) is 66.1 Å². The van der Waals surface area contributed by atoms with Gasteiger partial charge < -0.3 is 14.5 Å². The van der Waals surface area contributed by atoms with Crippen molar-refractivity contribution in [2.24, 2.45) is 0 Å². The Balaban J connectivity index is 1.48. The largest absolute Gasteiger partial charge is 0.484 e. The Morgan fingerprint density at radius 1 is 1.29 bits per heavy atom. The fourth-order valence-corrected chi connectivity index (χ4v) is 2.00. The molecule has 1 aromatic carbocycles. The Bertz CT molecular complexity index is 801. The third-order valence-corrected chi connectivity index (χ3v) is 3.14. The van der Waals surface area contributed by atoms with Crippen molar-refractivity contribution in [1.82, 2.24) is 20.3 Å². The first-order chi connectivity index (χ1) is 11.7. The molecule has 0 aliphatic heterocycles. The summed E-state index contributed by atoms with van der Waals surface area (Å²) in [5.74, 6) is 0.143. The van der Waals surface area contributed by atoms with E-state index >= 15 is 0 Å². The van der Waals surface area contributed by atoms with Crippen molar-refractivity contribution in [2.75, 3.05) is 0 Å². The summed E-state index contributed by atoms with van der Waals surface area (Å²) in [4.78, 5) is 11.8. The van der Waals surface area contributed by atoms with Gasteiger partial charge in [0, 0.05) is 0 Å². The standard InChI is InChI=1S/C16H15FN4O3/c17-14-5-1-2-6-15(14)24-11-12-9-21(20-19-12)10-16(22)18-8-13-4-3-7-23-13/h1-7,9H,8,10-11H2,(H,18,22). The number of hydrogen-bond acceptors (Lipinski definition) is 5. The summed E-state index contributed by atoms with van der Waals surface area (Å²) in [6, 6.07) is 9.63. The molecule has 1 N–H and O–H groups in total. The van der Waals surface area contributed by atoms with E-state index in [9.17, 15) is 9.18 Å². The lowest BCUT2D eigenvalue weighted by molar-refractivity contribution is -0.122. The average molecular weight is 330 g/mol. The number of nitrogens with one attached hydrogen (secondary N) is 1. The van der Waals surface area contributed by atoms with Gasteiger partial charge in [0.05, 0.1) is 19.0 Å². The van der Waals surface area contributed by atoms with Gasteiger partial charge >= 0.3 is 0 Å². The van der Waals surface area contributed by atoms with Crippen molar-refractivity contribution < 1.29 is 18.3 Å². The number of carbonyl (C=O) groups excluding carboxylic acids is 1. The van der Waals surface area contributed by atoms with Crippen LogP contribution in [-0.2, 0) is 24.5 Å². The SMILES string of the molecule is O=C(Cn1cc(COc2ccccc2F)nn1)NCc1ccco1. The maximum atomic E-state index is 13.4. The topological polar surface area (TPSA) is 82.2 Å². The number of para-hydroxylation sites is 1. The molecule has 0 aliphatic rings. The minimum Gasteiger partial charge on any atom is -0.484 e. The molecule has 3 rings (SSSR count). The van der Waals surface area contributed by atoms with Crippen molar-refractivity contribution in [3.8, 4) is 5.75 Å². The lowest BCUT2D eigenvalue weighted by Gasteiger charge is -2.04. The van der Waals surface area contributed by atoms with Gasteiger partial charge in [-0.05, 0) is 24.3 Å². The van der Waals surface area contributed by atoms with Crippen LogP contribution in [0.4, 0.5) is 4.39 Å². The lowest BCUT2D eigenvalue weighted by atomic mass is 10.3. The van der Waals surface area contributed by atoms with E-state index in [2.05, 4.69) is 15.6 Å². The van der Waals surface area contributed by atoms with E-state index in [4.69, 9.17) is 9.15 Å². The molecule has 0 fully saturated rings. The van der Waals surface area contributed by atoms with E-state index < -0.39 is 5.82 Å². The maximum absolute atomic E-state index is 13.4. The highest BCUT2D eigenvalue weighted by Crippen LogP contribution is 2.16. The summed E-state index contributed by atoms with van der Waals surface area (Å²) in [5, 5.41) is 10.4. The zero-order chi connectivity index (χ0) is 16.8. The normalized spacial score (nSPS) is 10.5. The third kappa shape index (κ3) is 4.19. The molecule has 3 aromatic rings. The molecule has 0 spiro atoms. The van der Waals surface area contributed by atoms with Crippen molar-refractivity contribution in [3.63, 3.8) is 0 Å². The summed E-state index contributed by atoms with van der Waals surface area (Å²) < 4.78 is 25.3. The van der Waals surface area contributed by atoms with Gasteiger partial charge in [-0.2, -0.15) is 0 Å². The second-order valence-corrected chi connectivity index (χ2v) is 4.98. The molecule has 0 atom stereocenters. The van der Waals surface area contributed by atoms with Gasteiger partial charge in [0.25, 0.3) is 0 Å². The van der Waals surface area contributed by atoms with Gasteiger partial charge in [-0.25, -0.2) is 9.07 Å². The van der Waals surface area contributed by atoms with Crippen LogP contribution in [0.2, 0.25) is 0 Å². The van der Waals surface area contributed by atoms with Crippen molar-refractivity contribution in [2.45, 2.75) is 19.7 Å². The summed E-state index contributed by atoms with van der Waals surface area (Å²) in [5.41, 5.74) is 0.497. The number of aromatic nitrogens is 3. The molecule has 24 heavy (non-hydrogen) atoms. The average Bonchev–Trinajstić information content (AvgIpc) is 3.24. The molecular weight excluding hydrogens is 315 g/mol. The molecule has 0 saturated carbocycles. The predicted octanol–water partition coefficient (Wildman–Crippen LogP) is 1.91. The van der Waals surface area contributed by atoms with Gasteiger partial charge in [-0.1, -0.05) is 17.3 Å². The summed E-state index contributed by atoms with van der Waals surface area (Å²) in [6.45, 7) is 0.395. The molecule has 0 saturated heterocycles. The third-order valence-electron chi connectivity index (χ3n) is 3.14. The maximum Gasteiger partial charge on any atom is 0.242 e. The van der Waals surface area contributed by atoms with Crippen molar-refractivity contribution in [1.29, 1.82) is 0 Å². The molecule has 0 unspecified atom stereocenters. The van der Waals surface area contributed by atoms with Crippen LogP contribution in [-0.4, -0.2) is 20.9 Å². The number of hydrogen-bond donors (Lipinski definition) is 1. The predicted molar refractivity (Wildman–Crippen MR) is 81.3 cm³/mol. The zero-order valence-electron chi connectivity index (χ0n) is 12.7. The van der Waals surface area contributed by atoms with Gasteiger partial charge in [-0.15, -0.1) is 5.10 Å². The molecule has 0 bridgehead atoms. The number of furan rings is 1. The fraction of sp³-hybridized carbons (Fsp3) is 0.188. The van der Waals surface area contributed by atoms with E-state index in [-0.39, 0.29) is 24.8 Å². The quantitative estimate of drug-likeness (QED) is 0.715. The Morgan fingerprint density at radius 3 is 2.96 bits per heavy atom. The minimum absolute atomic E-state index is 0.0212. The molecule has 0 radical (unpaired) electrons. The van der Waals surface area contributed by atoms with Gasteiger partial charge in [0.2, 0.25) is 5.91 Å². The van der Waals surface area contributed by atoms with Gasteiger partial charge in [0.1, 0.15) is 24.6 Å². The summed E-state index contributed by atoms with van der Waals surface area (Å²) in [6.07, 6.45) is 3.12. The van der Waals surface area contributed by atoms with Gasteiger partial charge in [-0.3, -0.25) is 4.79 Å². The molecule has 2 aromatic heterocycles. The molecule has 2 heterocycles. The number of halogens is 1. The first-order valence-corrected chi connectivity index (χ1v) is 7.26. The highest BCUT2D eigenvalue weighted by atomic mass is 19.1. The zero-order valence-corrected chi connectivity index (χ0v) is 12.7. The van der Waals surface area contributed by atoms with Crippen LogP contribution in [0.15, 0.2) is 53.3 Å². The van der Waals surface area contributed by atoms with E-state index in [0.717, 1.165) is 0 Å². The highest BCUT2D eigenvalue weighted by molar-refractivity contribution is 5.75. The number of amides is 1. The van der Waals surface area contributed by atoms with Crippen LogP contribution >= 0.6 is 0 Å². The minimum atomic E-state index is -0.442. The Kier molecular flexibility index (Phi) is 4.85. The van der Waals surface area contributed by atoms with Crippen LogP contribution in [0.5, 0.6) is 5.75 Å². The molecule has 7 nitrogen and oxygen atoms in total. The fourth-order valence-electron chi connectivity index (χ4n) is 2.00. The smallest absolute Gasteiger partial charge is 0.242 e. The first kappa shape index (κ1) is 15.7. The van der Waals surface area contributed by atoms with E-state index in [0.29, 0.717) is 18.0 Å². The molecular formula is C16H15FN4O3. The number of nitrogens with zero attached hydrogens (tertiary/aromatic N) is 3. The van der Waals surface area contributed by atoms with Crippen molar-refractivity contribution >= 4 is 5.91 Å². The van der Waals surface area contributed by atoms with E-state index in [1.807, 2.05) is 0 Å². The Labute approximate surface area is 137 Å². The van der Waals surface area contributed by atoms with Crippen LogP contribution in [0.25, 0.3) is 0 Å². The lowest BCUT2D eigenvalue weighted by Crippen LogP contribution is -2.27. The number of rotatable bonds is 7. The van der Waals surface area contributed by atoms with Crippen LogP contribution in [0.1, 0.15) is 11.5 Å². The molecule has 0 aliphatic carbocycles. The van der Waals surface area contributed by atoms with E-state index in [1.54, 1.807) is 36.7 Å². The second-order valence-electron chi connectivity index (χ2n) is 4.98. The molecule has 124 valence electrons. The van der Waals surface area contributed by atoms with Crippen LogP contribution in [0.3, 0.4) is 0 Å². The Hall–Kier alpha value is -3.16.